The Bertz CT molecular complexity index is 1200. The maximum atomic E-state index is 13.6. The smallest absolute Gasteiger partial charge is 0.273 e. The normalized spacial score (nSPS) is 17.6. The number of rotatable bonds is 8. The quantitative estimate of drug-likeness (QED) is 0.480. The van der Waals surface area contributed by atoms with Gasteiger partial charge in [0.05, 0.1) is 6.04 Å². The minimum atomic E-state index is -0.252. The number of fused-ring (bicyclic) bond motifs is 1. The van der Waals surface area contributed by atoms with Crippen LogP contribution >= 0.6 is 0 Å². The molecule has 1 fully saturated rings. The molecule has 2 aromatic carbocycles. The van der Waals surface area contributed by atoms with Crippen molar-refractivity contribution in [3.05, 3.63) is 83.1 Å². The number of hydrogen-bond donors (Lipinski definition) is 1. The van der Waals surface area contributed by atoms with Gasteiger partial charge >= 0.3 is 0 Å². The van der Waals surface area contributed by atoms with Crippen LogP contribution in [-0.2, 0) is 17.8 Å². The SMILES string of the molecule is CCCNC(=O)c1coc(COc2ccc3c(c2)C(c2ccccc2)N(C(=O)C2CCCC2)CC3)n1. The number of oxazole rings is 1. The number of carbonyl (C=O) groups excluding carboxylic acids is 2. The predicted octanol–water partition coefficient (Wildman–Crippen LogP) is 5.06. The third kappa shape index (κ3) is 5.15. The first-order valence-corrected chi connectivity index (χ1v) is 13.0. The van der Waals surface area contributed by atoms with E-state index < -0.39 is 0 Å². The van der Waals surface area contributed by atoms with E-state index in [-0.39, 0.29) is 36.1 Å². The molecule has 0 bridgehead atoms. The molecule has 1 aliphatic carbocycles. The summed E-state index contributed by atoms with van der Waals surface area (Å²) in [5.41, 5.74) is 3.69. The largest absolute Gasteiger partial charge is 0.484 e. The summed E-state index contributed by atoms with van der Waals surface area (Å²) in [6.07, 6.45) is 7.28. The molecule has 1 unspecified atom stereocenters. The monoisotopic (exact) mass is 487 g/mol. The number of amides is 2. The molecule has 1 aromatic heterocycles. The van der Waals surface area contributed by atoms with Crippen molar-refractivity contribution in [3.8, 4) is 5.75 Å². The summed E-state index contributed by atoms with van der Waals surface area (Å²) in [4.78, 5) is 32.0. The van der Waals surface area contributed by atoms with Crippen LogP contribution in [0.1, 0.15) is 78.1 Å². The first kappa shape index (κ1) is 24.1. The van der Waals surface area contributed by atoms with Crippen molar-refractivity contribution in [2.24, 2.45) is 5.92 Å². The van der Waals surface area contributed by atoms with Gasteiger partial charge in [0.2, 0.25) is 11.8 Å². The zero-order valence-corrected chi connectivity index (χ0v) is 20.7. The van der Waals surface area contributed by atoms with Gasteiger partial charge in [-0.05, 0) is 54.5 Å². The minimum Gasteiger partial charge on any atom is -0.484 e. The van der Waals surface area contributed by atoms with E-state index in [9.17, 15) is 9.59 Å². The van der Waals surface area contributed by atoms with E-state index in [1.165, 1.54) is 11.8 Å². The van der Waals surface area contributed by atoms with Crippen molar-refractivity contribution in [2.75, 3.05) is 13.1 Å². The number of hydrogen-bond acceptors (Lipinski definition) is 5. The molecule has 2 aliphatic rings. The van der Waals surface area contributed by atoms with E-state index in [4.69, 9.17) is 9.15 Å². The number of aromatic nitrogens is 1. The third-order valence-electron chi connectivity index (χ3n) is 7.13. The summed E-state index contributed by atoms with van der Waals surface area (Å²) in [7, 11) is 0. The molecule has 188 valence electrons. The summed E-state index contributed by atoms with van der Waals surface area (Å²) in [6, 6.07) is 16.2. The van der Waals surface area contributed by atoms with Crippen LogP contribution in [-0.4, -0.2) is 34.8 Å². The second kappa shape index (κ2) is 11.0. The van der Waals surface area contributed by atoms with Crippen LogP contribution in [0.25, 0.3) is 0 Å². The lowest BCUT2D eigenvalue weighted by Crippen LogP contribution is -2.43. The fraction of sp³-hybridized carbons (Fsp3) is 0.414. The minimum absolute atomic E-state index is 0.112. The lowest BCUT2D eigenvalue weighted by molar-refractivity contribution is -0.137. The maximum absolute atomic E-state index is 13.6. The lowest BCUT2D eigenvalue weighted by Gasteiger charge is -2.39. The van der Waals surface area contributed by atoms with E-state index in [0.29, 0.717) is 18.2 Å². The Kier molecular flexibility index (Phi) is 7.35. The highest BCUT2D eigenvalue weighted by atomic mass is 16.5. The lowest BCUT2D eigenvalue weighted by atomic mass is 9.87. The summed E-state index contributed by atoms with van der Waals surface area (Å²) in [5.74, 6) is 1.17. The molecule has 0 saturated heterocycles. The van der Waals surface area contributed by atoms with Gasteiger partial charge in [0, 0.05) is 19.0 Å². The molecule has 0 spiro atoms. The van der Waals surface area contributed by atoms with Gasteiger partial charge in [-0.1, -0.05) is 56.2 Å². The van der Waals surface area contributed by atoms with Gasteiger partial charge in [0.25, 0.3) is 5.91 Å². The second-order valence-corrected chi connectivity index (χ2v) is 9.61. The highest BCUT2D eigenvalue weighted by molar-refractivity contribution is 5.91. The zero-order valence-electron chi connectivity index (χ0n) is 20.7. The fourth-order valence-corrected chi connectivity index (χ4v) is 5.28. The number of ether oxygens (including phenoxy) is 1. The zero-order chi connectivity index (χ0) is 24.9. The molecule has 1 N–H and O–H groups in total. The van der Waals surface area contributed by atoms with Crippen LogP contribution in [0.15, 0.2) is 59.2 Å². The van der Waals surface area contributed by atoms with Gasteiger partial charge in [0.1, 0.15) is 12.0 Å². The van der Waals surface area contributed by atoms with E-state index in [0.717, 1.165) is 56.2 Å². The Hall–Kier alpha value is -3.61. The van der Waals surface area contributed by atoms with Gasteiger partial charge in [-0.15, -0.1) is 0 Å². The van der Waals surface area contributed by atoms with Gasteiger partial charge < -0.3 is 19.4 Å². The van der Waals surface area contributed by atoms with Crippen molar-refractivity contribution < 1.29 is 18.7 Å². The van der Waals surface area contributed by atoms with E-state index in [2.05, 4.69) is 33.4 Å². The van der Waals surface area contributed by atoms with Crippen molar-refractivity contribution in [1.82, 2.24) is 15.2 Å². The van der Waals surface area contributed by atoms with Crippen molar-refractivity contribution in [1.29, 1.82) is 0 Å². The molecule has 1 saturated carbocycles. The summed E-state index contributed by atoms with van der Waals surface area (Å²) >= 11 is 0. The van der Waals surface area contributed by atoms with Crippen molar-refractivity contribution in [3.63, 3.8) is 0 Å². The Morgan fingerprint density at radius 3 is 2.72 bits per heavy atom. The highest BCUT2D eigenvalue weighted by Gasteiger charge is 2.36. The summed E-state index contributed by atoms with van der Waals surface area (Å²) < 4.78 is 11.5. The van der Waals surface area contributed by atoms with E-state index in [1.807, 2.05) is 37.3 Å². The van der Waals surface area contributed by atoms with Crippen LogP contribution in [0.2, 0.25) is 0 Å². The van der Waals surface area contributed by atoms with Crippen LogP contribution in [0.4, 0.5) is 0 Å². The number of carbonyl (C=O) groups is 2. The molecule has 2 heterocycles. The van der Waals surface area contributed by atoms with E-state index in [1.54, 1.807) is 0 Å². The standard InChI is InChI=1S/C29H33N3O4/c1-2-15-30-28(33)25-18-36-26(31-25)19-35-23-13-12-20-14-16-32(29(34)22-10-6-7-11-22)27(24(20)17-23)21-8-4-3-5-9-21/h3-5,8-9,12-13,17-18,22,27H,2,6-7,10-11,14-16,19H2,1H3,(H,30,33). The van der Waals surface area contributed by atoms with E-state index >= 15 is 0 Å². The van der Waals surface area contributed by atoms with Crippen LogP contribution in [0, 0.1) is 5.92 Å². The number of nitrogens with one attached hydrogen (secondary N) is 1. The van der Waals surface area contributed by atoms with Gasteiger partial charge in [0.15, 0.2) is 12.3 Å². The van der Waals surface area contributed by atoms with Gasteiger partial charge in [-0.2, -0.15) is 0 Å². The Morgan fingerprint density at radius 2 is 1.94 bits per heavy atom. The molecular formula is C29H33N3O4. The molecule has 7 heteroatoms. The maximum Gasteiger partial charge on any atom is 0.273 e. The molecule has 2 amide bonds. The third-order valence-corrected chi connectivity index (χ3v) is 7.13. The molecule has 5 rings (SSSR count). The number of nitrogens with zero attached hydrogens (tertiary/aromatic N) is 2. The Labute approximate surface area is 211 Å². The topological polar surface area (TPSA) is 84.7 Å². The molecule has 1 aliphatic heterocycles. The van der Waals surface area contributed by atoms with Gasteiger partial charge in [-0.25, -0.2) is 4.98 Å². The highest BCUT2D eigenvalue weighted by Crippen LogP contribution is 2.39. The molecule has 0 radical (unpaired) electrons. The number of benzene rings is 2. The van der Waals surface area contributed by atoms with Crippen LogP contribution < -0.4 is 10.1 Å². The fourth-order valence-electron chi connectivity index (χ4n) is 5.28. The molecule has 3 aromatic rings. The first-order valence-electron chi connectivity index (χ1n) is 13.0. The average Bonchev–Trinajstić information content (AvgIpc) is 3.63. The van der Waals surface area contributed by atoms with Crippen LogP contribution in [0.5, 0.6) is 5.75 Å². The molecule has 36 heavy (non-hydrogen) atoms. The molecule has 7 nitrogen and oxygen atoms in total. The Morgan fingerprint density at radius 1 is 1.14 bits per heavy atom. The average molecular weight is 488 g/mol. The summed E-state index contributed by atoms with van der Waals surface area (Å²) in [6.45, 7) is 3.42. The second-order valence-electron chi connectivity index (χ2n) is 9.61. The first-order chi connectivity index (χ1) is 17.6. The molecular weight excluding hydrogens is 454 g/mol. The van der Waals surface area contributed by atoms with Gasteiger partial charge in [-0.3, -0.25) is 9.59 Å². The van der Waals surface area contributed by atoms with Crippen molar-refractivity contribution >= 4 is 11.8 Å². The predicted molar refractivity (Wildman–Crippen MR) is 136 cm³/mol. The Balaban J connectivity index is 1.36. The summed E-state index contributed by atoms with van der Waals surface area (Å²) in [5, 5.41) is 2.79. The van der Waals surface area contributed by atoms with Crippen molar-refractivity contribution in [2.45, 2.75) is 58.1 Å². The van der Waals surface area contributed by atoms with Crippen LogP contribution in [0.3, 0.4) is 0 Å². The molecule has 1 atom stereocenters.